The number of anilines is 1. The van der Waals surface area contributed by atoms with Crippen molar-refractivity contribution < 1.29 is 17.6 Å². The van der Waals surface area contributed by atoms with Crippen LogP contribution in [0, 0.1) is 5.82 Å². The fourth-order valence-corrected chi connectivity index (χ4v) is 2.86. The van der Waals surface area contributed by atoms with Crippen LogP contribution in [0.4, 0.5) is 10.1 Å². The number of halogens is 1. The molecule has 3 N–H and O–H groups in total. The summed E-state index contributed by atoms with van der Waals surface area (Å²) in [6.45, 7) is 3.58. The standard InChI is InChI=1S/C13H20FN3O3S/c1-13(2,17-21(3,19)20)9-15-8-12(18)16-11-7-5-4-6-10(11)14/h4-7,15,17H,8-9H2,1-3H3,(H,16,18). The maximum atomic E-state index is 13.3. The van der Waals surface area contributed by atoms with Gasteiger partial charge in [-0.2, -0.15) is 0 Å². The molecular weight excluding hydrogens is 297 g/mol. The van der Waals surface area contributed by atoms with Gasteiger partial charge >= 0.3 is 0 Å². The molecule has 1 aromatic carbocycles. The normalized spacial score (nSPS) is 12.2. The maximum Gasteiger partial charge on any atom is 0.238 e. The molecule has 1 aromatic rings. The van der Waals surface area contributed by atoms with E-state index in [1.807, 2.05) is 0 Å². The van der Waals surface area contributed by atoms with E-state index in [1.54, 1.807) is 19.9 Å². The molecule has 0 bridgehead atoms. The zero-order valence-corrected chi connectivity index (χ0v) is 13.1. The number of amides is 1. The van der Waals surface area contributed by atoms with Crippen LogP contribution in [-0.4, -0.2) is 39.2 Å². The third-order valence-corrected chi connectivity index (χ3v) is 3.39. The molecule has 1 amide bonds. The quantitative estimate of drug-likeness (QED) is 0.690. The lowest BCUT2D eigenvalue weighted by molar-refractivity contribution is -0.115. The molecule has 0 saturated heterocycles. The van der Waals surface area contributed by atoms with Gasteiger partial charge in [0.1, 0.15) is 5.82 Å². The van der Waals surface area contributed by atoms with Gasteiger partial charge in [0.15, 0.2) is 0 Å². The first-order chi connectivity index (χ1) is 9.59. The van der Waals surface area contributed by atoms with Crippen LogP contribution in [0.15, 0.2) is 24.3 Å². The Morgan fingerprint density at radius 1 is 1.29 bits per heavy atom. The first-order valence-corrected chi connectivity index (χ1v) is 8.22. The number of benzene rings is 1. The summed E-state index contributed by atoms with van der Waals surface area (Å²) in [5.74, 6) is -0.917. The van der Waals surface area contributed by atoms with E-state index >= 15 is 0 Å². The average Bonchev–Trinajstić information content (AvgIpc) is 2.28. The molecule has 0 spiro atoms. The van der Waals surface area contributed by atoms with Crippen LogP contribution in [-0.2, 0) is 14.8 Å². The molecule has 0 heterocycles. The van der Waals surface area contributed by atoms with Gasteiger partial charge in [0.2, 0.25) is 15.9 Å². The van der Waals surface area contributed by atoms with Crippen LogP contribution in [0.3, 0.4) is 0 Å². The van der Waals surface area contributed by atoms with Crippen LogP contribution >= 0.6 is 0 Å². The Balaban J connectivity index is 2.42. The van der Waals surface area contributed by atoms with Gasteiger partial charge < -0.3 is 10.6 Å². The minimum absolute atomic E-state index is 0.0524. The fourth-order valence-electron chi connectivity index (χ4n) is 1.78. The lowest BCUT2D eigenvalue weighted by Crippen LogP contribution is -2.50. The first-order valence-electron chi connectivity index (χ1n) is 6.33. The van der Waals surface area contributed by atoms with E-state index in [2.05, 4.69) is 15.4 Å². The summed E-state index contributed by atoms with van der Waals surface area (Å²) < 4.78 is 38.1. The molecule has 0 aromatic heterocycles. The second-order valence-electron chi connectivity index (χ2n) is 5.39. The molecule has 0 saturated carbocycles. The molecule has 8 heteroatoms. The van der Waals surface area contributed by atoms with Crippen LogP contribution < -0.4 is 15.4 Å². The van der Waals surface area contributed by atoms with Gasteiger partial charge in [0.05, 0.1) is 18.5 Å². The Hall–Kier alpha value is -1.51. The molecule has 0 atom stereocenters. The van der Waals surface area contributed by atoms with Gasteiger partial charge in [0, 0.05) is 12.1 Å². The predicted octanol–water partition coefficient (Wildman–Crippen LogP) is 0.682. The van der Waals surface area contributed by atoms with Gasteiger partial charge in [0.25, 0.3) is 0 Å². The number of carbonyl (C=O) groups is 1. The lowest BCUT2D eigenvalue weighted by Gasteiger charge is -2.25. The van der Waals surface area contributed by atoms with Crippen LogP contribution in [0.1, 0.15) is 13.8 Å². The Kier molecular flexibility index (Phi) is 5.82. The number of hydrogen-bond donors (Lipinski definition) is 3. The third-order valence-electron chi connectivity index (χ3n) is 2.46. The number of carbonyl (C=O) groups excluding carboxylic acids is 1. The largest absolute Gasteiger partial charge is 0.322 e. The minimum Gasteiger partial charge on any atom is -0.322 e. The average molecular weight is 317 g/mol. The minimum atomic E-state index is -3.33. The zero-order valence-electron chi connectivity index (χ0n) is 12.2. The lowest BCUT2D eigenvalue weighted by atomic mass is 10.1. The molecule has 0 aliphatic carbocycles. The van der Waals surface area contributed by atoms with Gasteiger partial charge in [-0.05, 0) is 26.0 Å². The molecule has 0 aliphatic rings. The smallest absolute Gasteiger partial charge is 0.238 e. The summed E-state index contributed by atoms with van der Waals surface area (Å²) >= 11 is 0. The number of sulfonamides is 1. The molecule has 21 heavy (non-hydrogen) atoms. The van der Waals surface area contributed by atoms with Gasteiger partial charge in [-0.25, -0.2) is 17.5 Å². The van der Waals surface area contributed by atoms with Gasteiger partial charge in [-0.3, -0.25) is 4.79 Å². The number of nitrogens with one attached hydrogen (secondary N) is 3. The van der Waals surface area contributed by atoms with Crippen LogP contribution in [0.2, 0.25) is 0 Å². The van der Waals surface area contributed by atoms with E-state index in [-0.39, 0.29) is 18.8 Å². The molecule has 0 fully saturated rings. The summed E-state index contributed by atoms with van der Waals surface area (Å²) in [6, 6.07) is 5.86. The van der Waals surface area contributed by atoms with Crippen molar-refractivity contribution in [3.8, 4) is 0 Å². The van der Waals surface area contributed by atoms with Crippen LogP contribution in [0.5, 0.6) is 0 Å². The summed E-state index contributed by atoms with van der Waals surface area (Å²) in [7, 11) is -3.33. The second kappa shape index (κ2) is 6.97. The van der Waals surface area contributed by atoms with E-state index in [4.69, 9.17) is 0 Å². The fraction of sp³-hybridized carbons (Fsp3) is 0.462. The SMILES string of the molecule is CC(C)(CNCC(=O)Nc1ccccc1F)NS(C)(=O)=O. The summed E-state index contributed by atoms with van der Waals surface area (Å²) in [5, 5.41) is 5.26. The van der Waals surface area contributed by atoms with Crippen molar-refractivity contribution >= 4 is 21.6 Å². The number of rotatable bonds is 7. The molecule has 0 unspecified atom stereocenters. The highest BCUT2D eigenvalue weighted by molar-refractivity contribution is 7.88. The van der Waals surface area contributed by atoms with Crippen LogP contribution in [0.25, 0.3) is 0 Å². The number of para-hydroxylation sites is 1. The summed E-state index contributed by atoms with van der Waals surface area (Å²) in [4.78, 5) is 11.7. The highest BCUT2D eigenvalue weighted by Crippen LogP contribution is 2.11. The van der Waals surface area contributed by atoms with Crippen molar-refractivity contribution in [3.63, 3.8) is 0 Å². The predicted molar refractivity (Wildman–Crippen MR) is 80.0 cm³/mol. The van der Waals surface area contributed by atoms with E-state index in [0.717, 1.165) is 6.26 Å². The van der Waals surface area contributed by atoms with E-state index < -0.39 is 27.3 Å². The summed E-state index contributed by atoms with van der Waals surface area (Å²) in [6.07, 6.45) is 1.07. The van der Waals surface area contributed by atoms with Gasteiger partial charge in [-0.1, -0.05) is 12.1 Å². The molecule has 0 radical (unpaired) electrons. The molecule has 118 valence electrons. The topological polar surface area (TPSA) is 87.3 Å². The molecule has 1 rings (SSSR count). The first kappa shape index (κ1) is 17.5. The monoisotopic (exact) mass is 317 g/mol. The van der Waals surface area contributed by atoms with E-state index in [0.29, 0.717) is 0 Å². The molecule has 0 aliphatic heterocycles. The zero-order chi connectivity index (χ0) is 16.1. The maximum absolute atomic E-state index is 13.3. The molecular formula is C13H20FN3O3S. The Morgan fingerprint density at radius 3 is 2.48 bits per heavy atom. The van der Waals surface area contributed by atoms with Crippen molar-refractivity contribution in [1.82, 2.24) is 10.0 Å². The Bertz CT molecular complexity index is 602. The second-order valence-corrected chi connectivity index (χ2v) is 7.14. The third kappa shape index (κ3) is 7.16. The van der Waals surface area contributed by atoms with E-state index in [9.17, 15) is 17.6 Å². The Labute approximate surface area is 124 Å². The van der Waals surface area contributed by atoms with Crippen molar-refractivity contribution in [3.05, 3.63) is 30.1 Å². The van der Waals surface area contributed by atoms with Crippen molar-refractivity contribution in [1.29, 1.82) is 0 Å². The Morgan fingerprint density at radius 2 is 1.90 bits per heavy atom. The van der Waals surface area contributed by atoms with Crippen molar-refractivity contribution in [2.24, 2.45) is 0 Å². The molecule has 6 nitrogen and oxygen atoms in total. The number of hydrogen-bond acceptors (Lipinski definition) is 4. The highest BCUT2D eigenvalue weighted by Gasteiger charge is 2.21. The summed E-state index contributed by atoms with van der Waals surface area (Å²) in [5.41, 5.74) is -0.621. The van der Waals surface area contributed by atoms with Gasteiger partial charge in [-0.15, -0.1) is 0 Å². The van der Waals surface area contributed by atoms with Crippen molar-refractivity contribution in [2.75, 3.05) is 24.7 Å². The van der Waals surface area contributed by atoms with E-state index in [1.165, 1.54) is 18.2 Å². The van der Waals surface area contributed by atoms with Crippen molar-refractivity contribution in [2.45, 2.75) is 19.4 Å². The highest BCUT2D eigenvalue weighted by atomic mass is 32.2.